The van der Waals surface area contributed by atoms with Gasteiger partial charge in [0.05, 0.1) is 129 Å². The van der Waals surface area contributed by atoms with Gasteiger partial charge in [-0.15, -0.1) is 0 Å². The summed E-state index contributed by atoms with van der Waals surface area (Å²) in [5, 5.41) is 83.5. The van der Waals surface area contributed by atoms with E-state index in [1.54, 1.807) is 145 Å². The second-order valence-corrected chi connectivity index (χ2v) is 31.4. The maximum atomic E-state index is 13.7. The SMILES string of the molecule is C[C@H]1CC(=O)C(C2COC2)N(C)C(=O)[C@H](C)[C@H](O)[C@H](Cc2cccnc2)NC(=O)[C@H]1NC(=O)c1ccccc1O.C[C@H]1CC(=O)C(C2COC2)NC(=O)[C@H](C)[C@H](O)[C@H](Cc2cccnc2)NC(=O)[C@H]1NC(=O)c1ccccc1O.C[C@H]1CC(=O)C(C2COC2)OC(=O)[C@H](C)[C@H](O)[C@H](Cc2cccnc2)NC(=O)[C@H]1NC(=O)c1ccccc1O. The predicted octanol–water partition coefficient (Wildman–Crippen LogP) is 1.82. The minimum atomic E-state index is -1.38. The molecule has 0 spiro atoms. The van der Waals surface area contributed by atoms with Gasteiger partial charge in [0.1, 0.15) is 35.4 Å². The Balaban J connectivity index is 0.000000186. The summed E-state index contributed by atoms with van der Waals surface area (Å²) in [5.41, 5.74) is 2.09. The van der Waals surface area contributed by atoms with Crippen LogP contribution in [-0.4, -0.2) is 241 Å². The zero-order chi connectivity index (χ0) is 85.2. The van der Waals surface area contributed by atoms with Crippen LogP contribution < -0.4 is 37.2 Å². The molecule has 9 heterocycles. The number of ketones is 3. The number of benzene rings is 3. The van der Waals surface area contributed by atoms with E-state index in [9.17, 15) is 88.2 Å². The molecule has 33 nitrogen and oxygen atoms in total. The van der Waals surface area contributed by atoms with Crippen molar-refractivity contribution in [2.24, 2.45) is 53.3 Å². The number of aliphatic hydroxyl groups is 3. The minimum absolute atomic E-state index is 0.0182. The Morgan fingerprint density at radius 3 is 1.12 bits per heavy atom. The highest BCUT2D eigenvalue weighted by molar-refractivity contribution is 6.02. The molecule has 12 rings (SSSR count). The number of para-hydroxylation sites is 3. The molecule has 6 aromatic rings. The Kier molecular flexibility index (Phi) is 30.9. The first kappa shape index (κ1) is 88.9. The molecular weight excluding hydrogens is 1530 g/mol. The lowest BCUT2D eigenvalue weighted by atomic mass is 9.84. The Bertz CT molecular complexity index is 4350. The molecule has 18 atom stereocenters. The second kappa shape index (κ2) is 41.1. The summed E-state index contributed by atoms with van der Waals surface area (Å²) in [6.07, 6.45) is 4.62. The van der Waals surface area contributed by atoms with Gasteiger partial charge in [0.15, 0.2) is 23.5 Å². The molecule has 6 aliphatic rings. The molecule has 630 valence electrons. The van der Waals surface area contributed by atoms with Gasteiger partial charge in [-0.3, -0.25) is 72.5 Å². The topological polar surface area (TPSA) is 489 Å². The molecule has 0 radical (unpaired) electrons. The van der Waals surface area contributed by atoms with Crippen LogP contribution in [0.2, 0.25) is 0 Å². The first-order chi connectivity index (χ1) is 56.4. The van der Waals surface area contributed by atoms with Crippen LogP contribution in [0.1, 0.15) is 109 Å². The summed E-state index contributed by atoms with van der Waals surface area (Å²) >= 11 is 0. The first-order valence-electron chi connectivity index (χ1n) is 39.4. The Labute approximate surface area is 681 Å². The van der Waals surface area contributed by atoms with E-state index in [1.165, 1.54) is 55.1 Å². The van der Waals surface area contributed by atoms with Crippen LogP contribution in [0.5, 0.6) is 17.2 Å². The molecule has 6 saturated heterocycles. The average molecular weight is 1630 g/mol. The lowest BCUT2D eigenvalue weighted by molar-refractivity contribution is -0.177. The van der Waals surface area contributed by atoms with E-state index in [4.69, 9.17) is 18.9 Å². The van der Waals surface area contributed by atoms with E-state index in [1.807, 2.05) is 0 Å². The summed E-state index contributed by atoms with van der Waals surface area (Å²) in [6.45, 7) is 11.3. The normalized spacial score (nSPS) is 28.7. The number of cyclic esters (lactones) is 1. The third-order valence-electron chi connectivity index (χ3n) is 22.5. The summed E-state index contributed by atoms with van der Waals surface area (Å²) < 4.78 is 21.4. The van der Waals surface area contributed by atoms with Crippen molar-refractivity contribution in [1.82, 2.24) is 57.1 Å². The average Bonchev–Trinajstić information content (AvgIpc) is 0.488. The van der Waals surface area contributed by atoms with E-state index in [-0.39, 0.29) is 115 Å². The van der Waals surface area contributed by atoms with Gasteiger partial charge in [0.2, 0.25) is 29.5 Å². The molecule has 118 heavy (non-hydrogen) atoms. The van der Waals surface area contributed by atoms with Crippen LogP contribution in [0.4, 0.5) is 0 Å². The fraction of sp³-hybridized carbons (Fsp3) is 0.471. The van der Waals surface area contributed by atoms with Gasteiger partial charge in [-0.25, -0.2) is 0 Å². The standard InChI is InChI=1S/C29H36N4O7.C28H34N4O7.C28H33N3O8/c1-16-11-23(35)25(19-14-40-15-19)33(3)29(39)17(2)26(36)21(12-18-7-6-10-30-13-18)31-28(38)24(16)32-27(37)20-8-4-5-9-22(20)34;1-15-10-22(34)24(18-13-39-14-18)32-26(36)16(2)25(35)20(11-17-6-5-9-29-12-17)30-28(38)23(15)31-27(37)19-7-3-4-8-21(19)33;1-15-10-22(33)25(18-13-38-14-18)39-28(37)16(2)24(34)20(11-17-6-5-9-29-12-17)30-27(36)23(15)31-26(35)19-7-3-4-8-21(19)32/h4-10,13,16-17,19,21,24-26,34,36H,11-12,14-15H2,1-3H3,(H,31,38)(H,32,37);3-9,12,15-16,18,20,23-25,33,35H,10-11,13-14H2,1-2H3,(H,30,38)(H,31,37)(H,32,36);3-9,12,15-16,18,20,23-25,32,34H,10-11,13-14H2,1-2H3,(H,30,36)(H,31,35)/t16-,17+,21-,24-,25?,26-;15-,16+,20-,23-,24?,25-;15-,16+,20-,23-,24-,25?/m000/s1. The minimum Gasteiger partial charge on any atom is -0.507 e. The first-order valence-corrected chi connectivity index (χ1v) is 39.4. The van der Waals surface area contributed by atoms with E-state index < -0.39 is 167 Å². The molecule has 13 N–H and O–H groups in total. The summed E-state index contributed by atoms with van der Waals surface area (Å²) in [7, 11) is 1.55. The van der Waals surface area contributed by atoms with Crippen molar-refractivity contribution < 1.29 is 107 Å². The second-order valence-electron chi connectivity index (χ2n) is 31.4. The number of likely N-dealkylation sites (N-methyl/N-ethyl adjacent to an activating group) is 1. The number of rotatable bonds is 15. The quantitative estimate of drug-likeness (QED) is 0.0652. The van der Waals surface area contributed by atoms with E-state index in [0.717, 1.165) is 11.1 Å². The number of hydrogen-bond donors (Lipinski definition) is 13. The lowest BCUT2D eigenvalue weighted by Crippen LogP contribution is -2.60. The van der Waals surface area contributed by atoms with Crippen LogP contribution in [0.25, 0.3) is 0 Å². The summed E-state index contributed by atoms with van der Waals surface area (Å²) in [5.74, 6) is -13.2. The van der Waals surface area contributed by atoms with Crippen LogP contribution in [-0.2, 0) is 81.4 Å². The van der Waals surface area contributed by atoms with E-state index in [2.05, 4.69) is 52.2 Å². The zero-order valence-corrected chi connectivity index (χ0v) is 66.5. The largest absolute Gasteiger partial charge is 0.507 e. The van der Waals surface area contributed by atoms with Gasteiger partial charge in [-0.2, -0.15) is 0 Å². The van der Waals surface area contributed by atoms with Crippen LogP contribution in [0.15, 0.2) is 146 Å². The third-order valence-corrected chi connectivity index (χ3v) is 22.5. The van der Waals surface area contributed by atoms with Crippen LogP contribution >= 0.6 is 0 Å². The number of carbonyl (C=O) groups is 12. The monoisotopic (exact) mass is 1630 g/mol. The van der Waals surface area contributed by atoms with Gasteiger partial charge < -0.3 is 91.7 Å². The summed E-state index contributed by atoms with van der Waals surface area (Å²) in [4.78, 5) is 174. The van der Waals surface area contributed by atoms with Crippen molar-refractivity contribution in [3.8, 4) is 17.2 Å². The molecule has 0 aliphatic carbocycles. The maximum absolute atomic E-state index is 13.7. The van der Waals surface area contributed by atoms with Crippen LogP contribution in [0.3, 0.4) is 0 Å². The molecule has 3 aromatic heterocycles. The van der Waals surface area contributed by atoms with E-state index >= 15 is 0 Å². The van der Waals surface area contributed by atoms with Crippen molar-refractivity contribution in [3.05, 3.63) is 180 Å². The lowest BCUT2D eigenvalue weighted by Gasteiger charge is -2.41. The van der Waals surface area contributed by atoms with Crippen molar-refractivity contribution in [2.45, 2.75) is 153 Å². The van der Waals surface area contributed by atoms with Crippen molar-refractivity contribution in [2.75, 3.05) is 46.7 Å². The molecule has 6 aliphatic heterocycles. The highest BCUT2D eigenvalue weighted by Gasteiger charge is 2.48. The Hall–Kier alpha value is -11.5. The Morgan fingerprint density at radius 1 is 0.424 bits per heavy atom. The van der Waals surface area contributed by atoms with Crippen molar-refractivity contribution in [1.29, 1.82) is 0 Å². The molecule has 8 amide bonds. The highest BCUT2D eigenvalue weighted by Crippen LogP contribution is 2.32. The number of ether oxygens (including phenoxy) is 4. The molecule has 33 heteroatoms. The maximum Gasteiger partial charge on any atom is 0.312 e. The van der Waals surface area contributed by atoms with Gasteiger partial charge in [0, 0.05) is 75.3 Å². The number of aliphatic hydroxyl groups excluding tert-OH is 3. The molecule has 0 bridgehead atoms. The van der Waals surface area contributed by atoms with Gasteiger partial charge in [0.25, 0.3) is 17.7 Å². The molecule has 6 fully saturated rings. The number of amides is 8. The number of nitrogens with one attached hydrogen (secondary N) is 7. The van der Waals surface area contributed by atoms with Crippen LogP contribution in [0, 0.1) is 53.3 Å². The zero-order valence-electron chi connectivity index (χ0n) is 66.5. The molecular formula is C85H103N11O22. The number of phenols is 3. The number of nitrogens with zero attached hydrogens (tertiary/aromatic N) is 4. The smallest absolute Gasteiger partial charge is 0.312 e. The fourth-order valence-electron chi connectivity index (χ4n) is 15.1. The number of hydrogen-bond acceptors (Lipinski definition) is 25. The van der Waals surface area contributed by atoms with Gasteiger partial charge in [-0.05, 0) is 115 Å². The number of Topliss-reactive ketones (excluding diaryl/α,β-unsaturated/α-hetero) is 3. The Morgan fingerprint density at radius 2 is 0.771 bits per heavy atom. The van der Waals surface area contributed by atoms with Gasteiger partial charge in [-0.1, -0.05) is 89.2 Å². The number of pyridine rings is 3. The van der Waals surface area contributed by atoms with Crippen molar-refractivity contribution in [3.63, 3.8) is 0 Å². The number of esters is 1. The fourth-order valence-corrected chi connectivity index (χ4v) is 15.1. The number of aromatic hydroxyl groups is 3. The molecule has 0 saturated carbocycles. The third kappa shape index (κ3) is 22.4. The summed E-state index contributed by atoms with van der Waals surface area (Å²) in [6, 6.07) is 20.4. The number of carbonyl (C=O) groups excluding carboxylic acids is 12. The molecule has 3 aromatic carbocycles. The number of phenolic OH excluding ortho intramolecular Hbond substituents is 3. The van der Waals surface area contributed by atoms with Gasteiger partial charge >= 0.3 is 5.97 Å². The molecule has 3 unspecified atom stereocenters. The van der Waals surface area contributed by atoms with Crippen molar-refractivity contribution >= 4 is 70.6 Å². The highest BCUT2D eigenvalue weighted by atomic mass is 16.6. The van der Waals surface area contributed by atoms with E-state index in [0.29, 0.717) is 32.0 Å². The predicted molar refractivity (Wildman–Crippen MR) is 421 cm³/mol. The number of aromatic nitrogens is 3.